The molecule has 2 aromatic rings. The van der Waals surface area contributed by atoms with Gasteiger partial charge in [-0.05, 0) is 0 Å². The van der Waals surface area contributed by atoms with Crippen molar-refractivity contribution in [3.05, 3.63) is 71.8 Å². The first kappa shape index (κ1) is 27.8. The minimum absolute atomic E-state index is 0.0827. The van der Waals surface area contributed by atoms with Crippen molar-refractivity contribution in [1.82, 2.24) is 0 Å². The number of hydrogen-bond acceptors (Lipinski definition) is 2. The molecule has 0 N–H and O–H groups in total. The van der Waals surface area contributed by atoms with Crippen molar-refractivity contribution in [3.8, 4) is 0 Å². The molecule has 0 saturated carbocycles. The van der Waals surface area contributed by atoms with Gasteiger partial charge >= 0.3 is 0 Å². The number of hydrogen-bond donors (Lipinski definition) is 0. The molecule has 0 aliphatic heterocycles. The van der Waals surface area contributed by atoms with Gasteiger partial charge in [0.1, 0.15) is 0 Å². The zero-order valence-electron chi connectivity index (χ0n) is 23.7. The number of nitrogens with zero attached hydrogens (tertiary/aromatic N) is 2. The molecule has 0 saturated heterocycles. The monoisotopic (exact) mass is 458 g/mol. The highest BCUT2D eigenvalue weighted by Gasteiger charge is 2.33. The lowest BCUT2D eigenvalue weighted by Gasteiger charge is -2.34. The second-order valence-corrected chi connectivity index (χ2v) is 13.4. The van der Waals surface area contributed by atoms with Crippen LogP contribution in [-0.4, -0.2) is 11.4 Å². The Morgan fingerprint density at radius 3 is 0.853 bits per heavy atom. The second kappa shape index (κ2) is 10.0. The van der Waals surface area contributed by atoms with Gasteiger partial charge in [-0.15, -0.1) is 0 Å². The largest absolute Gasteiger partial charge is 0.254 e. The van der Waals surface area contributed by atoms with Gasteiger partial charge in [-0.25, -0.2) is 0 Å². The van der Waals surface area contributed by atoms with Gasteiger partial charge in [-0.2, -0.15) is 0 Å². The fourth-order valence-electron chi connectivity index (χ4n) is 4.84. The van der Waals surface area contributed by atoms with Gasteiger partial charge in [0.2, 0.25) is 0 Å². The summed E-state index contributed by atoms with van der Waals surface area (Å²) < 4.78 is 0. The summed E-state index contributed by atoms with van der Waals surface area (Å²) in [6, 6.07) is 21.0. The standard InChI is InChI=1S/C32H46N2/c1-29(2,3)27(30(4,5)6)33-25(23-19-15-13-16-20-23)26(24-21-17-14-18-22-24)34-28(31(7,8)9)32(10,11)12/h13-22H,1-12H3/b26-25-. The molecule has 0 radical (unpaired) electrons. The zero-order chi connectivity index (χ0) is 25.9. The van der Waals surface area contributed by atoms with E-state index >= 15 is 0 Å². The Kier molecular flexibility index (Phi) is 8.18. The van der Waals surface area contributed by atoms with Crippen LogP contribution in [0.4, 0.5) is 0 Å². The quantitative estimate of drug-likeness (QED) is 0.322. The predicted molar refractivity (Wildman–Crippen MR) is 152 cm³/mol. The van der Waals surface area contributed by atoms with E-state index in [0.29, 0.717) is 0 Å². The van der Waals surface area contributed by atoms with E-state index in [4.69, 9.17) is 9.98 Å². The topological polar surface area (TPSA) is 24.7 Å². The van der Waals surface area contributed by atoms with Crippen LogP contribution in [-0.2, 0) is 0 Å². The SMILES string of the molecule is CC(C)(C)C(=N/C(=C(\N=C(C(C)(C)C)C(C)(C)C)c1ccccc1)c1ccccc1)C(C)(C)C. The molecule has 0 amide bonds. The fraction of sp³-hybridized carbons (Fsp3) is 0.500. The summed E-state index contributed by atoms with van der Waals surface area (Å²) in [6.07, 6.45) is 0. The molecule has 0 unspecified atom stereocenters. The summed E-state index contributed by atoms with van der Waals surface area (Å²) in [6.45, 7) is 27.0. The van der Waals surface area contributed by atoms with Crippen LogP contribution in [0, 0.1) is 21.7 Å². The Hall–Kier alpha value is -2.48. The van der Waals surface area contributed by atoms with Crippen LogP contribution in [0.1, 0.15) is 94.2 Å². The third kappa shape index (κ3) is 7.26. The van der Waals surface area contributed by atoms with E-state index in [0.717, 1.165) is 33.9 Å². The van der Waals surface area contributed by atoms with Crippen LogP contribution in [0.25, 0.3) is 11.4 Å². The molecule has 0 atom stereocenters. The first-order valence-electron chi connectivity index (χ1n) is 12.5. The van der Waals surface area contributed by atoms with Crippen molar-refractivity contribution in [2.45, 2.75) is 83.1 Å². The average molecular weight is 459 g/mol. The van der Waals surface area contributed by atoms with E-state index in [-0.39, 0.29) is 21.7 Å². The van der Waals surface area contributed by atoms with Crippen molar-refractivity contribution in [2.24, 2.45) is 31.6 Å². The smallest absolute Gasteiger partial charge is 0.0964 e. The molecular formula is C32H46N2. The highest BCUT2D eigenvalue weighted by atomic mass is 14.9. The van der Waals surface area contributed by atoms with Gasteiger partial charge in [0.25, 0.3) is 0 Å². The molecule has 0 spiro atoms. The average Bonchev–Trinajstić information content (AvgIpc) is 2.67. The maximum absolute atomic E-state index is 5.47. The van der Waals surface area contributed by atoms with Crippen molar-refractivity contribution in [1.29, 1.82) is 0 Å². The third-order valence-corrected chi connectivity index (χ3v) is 5.61. The molecule has 0 fully saturated rings. The predicted octanol–water partition coefficient (Wildman–Crippen LogP) is 9.58. The molecule has 184 valence electrons. The van der Waals surface area contributed by atoms with E-state index in [2.05, 4.69) is 144 Å². The Balaban J connectivity index is 3.14. The maximum atomic E-state index is 5.47. The highest BCUT2D eigenvalue weighted by molar-refractivity contribution is 6.05. The summed E-state index contributed by atoms with van der Waals surface area (Å²) in [5.41, 5.74) is 6.01. The molecule has 0 aromatic heterocycles. The maximum Gasteiger partial charge on any atom is 0.0964 e. The summed E-state index contributed by atoms with van der Waals surface area (Å²) in [4.78, 5) is 10.9. The van der Waals surface area contributed by atoms with Gasteiger partial charge in [-0.3, -0.25) is 9.98 Å². The van der Waals surface area contributed by atoms with Crippen LogP contribution in [0.15, 0.2) is 70.6 Å². The lowest BCUT2D eigenvalue weighted by molar-refractivity contribution is 0.479. The molecule has 34 heavy (non-hydrogen) atoms. The van der Waals surface area contributed by atoms with E-state index in [1.165, 1.54) is 0 Å². The summed E-state index contributed by atoms with van der Waals surface area (Å²) in [7, 11) is 0. The highest BCUT2D eigenvalue weighted by Crippen LogP contribution is 2.38. The van der Waals surface area contributed by atoms with Crippen LogP contribution in [0.3, 0.4) is 0 Å². The molecule has 2 nitrogen and oxygen atoms in total. The second-order valence-electron chi connectivity index (χ2n) is 13.4. The molecular weight excluding hydrogens is 412 g/mol. The van der Waals surface area contributed by atoms with Crippen molar-refractivity contribution in [3.63, 3.8) is 0 Å². The Morgan fingerprint density at radius 1 is 0.412 bits per heavy atom. The lowest BCUT2D eigenvalue weighted by Crippen LogP contribution is -2.33. The summed E-state index contributed by atoms with van der Waals surface area (Å²) >= 11 is 0. The van der Waals surface area contributed by atoms with Crippen molar-refractivity contribution >= 4 is 22.8 Å². The van der Waals surface area contributed by atoms with Gasteiger partial charge in [0.05, 0.1) is 11.4 Å². The number of benzene rings is 2. The van der Waals surface area contributed by atoms with Gasteiger partial charge in [-0.1, -0.05) is 144 Å². The number of rotatable bonds is 4. The van der Waals surface area contributed by atoms with Gasteiger partial charge < -0.3 is 0 Å². The summed E-state index contributed by atoms with van der Waals surface area (Å²) in [5.74, 6) is 0. The van der Waals surface area contributed by atoms with E-state index in [1.54, 1.807) is 0 Å². The molecule has 2 rings (SSSR count). The van der Waals surface area contributed by atoms with Crippen molar-refractivity contribution in [2.75, 3.05) is 0 Å². The van der Waals surface area contributed by atoms with Crippen LogP contribution < -0.4 is 0 Å². The Bertz CT molecular complexity index is 921. The first-order valence-corrected chi connectivity index (χ1v) is 12.5. The van der Waals surface area contributed by atoms with Gasteiger partial charge in [0, 0.05) is 44.2 Å². The lowest BCUT2D eigenvalue weighted by atomic mass is 9.74. The molecule has 2 aromatic carbocycles. The van der Waals surface area contributed by atoms with Crippen molar-refractivity contribution < 1.29 is 0 Å². The van der Waals surface area contributed by atoms with Crippen LogP contribution in [0.2, 0.25) is 0 Å². The Labute approximate surface area is 209 Å². The summed E-state index contributed by atoms with van der Waals surface area (Å²) in [5, 5.41) is 0. The minimum atomic E-state index is -0.0827. The first-order chi connectivity index (χ1) is 15.4. The van der Waals surface area contributed by atoms with E-state index in [1.807, 2.05) is 0 Å². The van der Waals surface area contributed by atoms with Crippen LogP contribution in [0.5, 0.6) is 0 Å². The normalized spacial score (nSPS) is 13.8. The van der Waals surface area contributed by atoms with E-state index in [9.17, 15) is 0 Å². The molecule has 0 aliphatic carbocycles. The van der Waals surface area contributed by atoms with Gasteiger partial charge in [0.15, 0.2) is 0 Å². The minimum Gasteiger partial charge on any atom is -0.254 e. The van der Waals surface area contributed by atoms with Crippen LogP contribution >= 0.6 is 0 Å². The molecule has 0 aliphatic rings. The fourth-order valence-corrected chi connectivity index (χ4v) is 4.84. The van der Waals surface area contributed by atoms with E-state index < -0.39 is 0 Å². The third-order valence-electron chi connectivity index (χ3n) is 5.61. The molecule has 2 heteroatoms. The number of aliphatic imine (C=N–C) groups is 2. The Morgan fingerprint density at radius 2 is 0.647 bits per heavy atom. The molecule has 0 heterocycles. The molecule has 0 bridgehead atoms. The zero-order valence-corrected chi connectivity index (χ0v) is 23.7.